The maximum atomic E-state index is 3.32. The summed E-state index contributed by atoms with van der Waals surface area (Å²) in [5.41, 5.74) is 0. The zero-order valence-electron chi connectivity index (χ0n) is 12.8. The van der Waals surface area contributed by atoms with E-state index >= 15 is 0 Å². The van der Waals surface area contributed by atoms with Crippen LogP contribution >= 0.6 is 0 Å². The molecule has 105 valence electrons. The van der Waals surface area contributed by atoms with Crippen LogP contribution in [-0.2, 0) is 0 Å². The molecule has 0 amide bonds. The highest BCUT2D eigenvalue weighted by molar-refractivity contribution is 4.98. The van der Waals surface area contributed by atoms with Crippen molar-refractivity contribution in [3.8, 4) is 11.8 Å². The van der Waals surface area contributed by atoms with Crippen LogP contribution in [0.2, 0.25) is 0 Å². The third-order valence-electron chi connectivity index (χ3n) is 3.32. The lowest BCUT2D eigenvalue weighted by molar-refractivity contribution is 0.597. The summed E-state index contributed by atoms with van der Waals surface area (Å²) >= 11 is 0. The largest absolute Gasteiger partial charge is 0.103 e. The number of hydrogen-bond donors (Lipinski definition) is 0. The van der Waals surface area contributed by atoms with Gasteiger partial charge in [-0.15, -0.1) is 11.8 Å². The first-order valence-corrected chi connectivity index (χ1v) is 8.15. The monoisotopic (exact) mass is 249 g/mol. The predicted octanol–water partition coefficient (Wildman–Crippen LogP) is 6.31. The average Bonchev–Trinajstić information content (AvgIpc) is 2.39. The molecular weight excluding hydrogens is 216 g/mol. The van der Waals surface area contributed by atoms with Gasteiger partial charge in [0.05, 0.1) is 0 Å². The minimum absolute atomic E-state index is 1.12. The van der Waals surface area contributed by atoms with Crippen molar-refractivity contribution >= 4 is 0 Å². The van der Waals surface area contributed by atoms with Crippen LogP contribution in [-0.4, -0.2) is 0 Å². The second kappa shape index (κ2) is 16.6. The molecule has 18 heavy (non-hydrogen) atoms. The lowest BCUT2D eigenvalue weighted by atomic mass is 10.1. The van der Waals surface area contributed by atoms with Crippen molar-refractivity contribution in [2.75, 3.05) is 0 Å². The summed E-state index contributed by atoms with van der Waals surface area (Å²) in [6.07, 6.45) is 19.5. The van der Waals surface area contributed by atoms with E-state index in [1.54, 1.807) is 0 Å². The molecule has 0 saturated carbocycles. The Labute approximate surface area is 116 Å². The van der Waals surface area contributed by atoms with E-state index in [9.17, 15) is 0 Å². The van der Waals surface area contributed by atoms with Crippen LogP contribution < -0.4 is 0 Å². The van der Waals surface area contributed by atoms with Gasteiger partial charge in [-0.05, 0) is 19.3 Å². The summed E-state index contributed by atoms with van der Waals surface area (Å²) in [6, 6.07) is 0. The molecule has 0 bridgehead atoms. The molecule has 0 aromatic heterocycles. The van der Waals surface area contributed by atoms with Gasteiger partial charge in [0, 0.05) is 12.8 Å². The Bertz CT molecular complexity index is 194. The molecule has 0 aromatic carbocycles. The maximum absolute atomic E-state index is 3.32. The molecule has 0 heteroatoms. The first-order valence-electron chi connectivity index (χ1n) is 8.15. The smallest absolute Gasteiger partial charge is 0.00886 e. The highest BCUT2D eigenvalue weighted by Gasteiger charge is 1.90. The third-order valence-corrected chi connectivity index (χ3v) is 3.32. The second-order valence-electron chi connectivity index (χ2n) is 5.23. The van der Waals surface area contributed by atoms with Crippen molar-refractivity contribution in [3.05, 3.63) is 6.42 Å². The van der Waals surface area contributed by atoms with E-state index in [-0.39, 0.29) is 0 Å². The van der Waals surface area contributed by atoms with E-state index in [2.05, 4.69) is 32.1 Å². The minimum atomic E-state index is 1.12. The zero-order valence-corrected chi connectivity index (χ0v) is 12.8. The summed E-state index contributed by atoms with van der Waals surface area (Å²) in [6.45, 7) is 4.41. The Hall–Kier alpha value is -0.440. The Kier molecular flexibility index (Phi) is 16.2. The molecule has 0 aromatic rings. The summed E-state index contributed by atoms with van der Waals surface area (Å²) in [5, 5.41) is 0. The molecule has 0 unspecified atom stereocenters. The van der Waals surface area contributed by atoms with Crippen LogP contribution in [0.5, 0.6) is 0 Å². The standard InChI is InChI=1S/C18H33/c1-3-5-7-9-11-13-15-17-18-16-14-12-10-8-6-4-2/h3H,4-13,15,17-18H2,1-2H3. The van der Waals surface area contributed by atoms with Crippen molar-refractivity contribution in [2.24, 2.45) is 0 Å². The predicted molar refractivity (Wildman–Crippen MR) is 83.4 cm³/mol. The van der Waals surface area contributed by atoms with Gasteiger partial charge in [0.15, 0.2) is 0 Å². The molecule has 0 rings (SSSR count). The molecule has 0 nitrogen and oxygen atoms in total. The number of hydrogen-bond acceptors (Lipinski definition) is 0. The highest BCUT2D eigenvalue weighted by atomic mass is 14.0. The van der Waals surface area contributed by atoms with Gasteiger partial charge in [-0.25, -0.2) is 0 Å². The summed E-state index contributed by atoms with van der Waals surface area (Å²) in [5.74, 6) is 6.63. The van der Waals surface area contributed by atoms with Crippen LogP contribution in [0.1, 0.15) is 97.3 Å². The lowest BCUT2D eigenvalue weighted by Gasteiger charge is -1.99. The van der Waals surface area contributed by atoms with Crippen molar-refractivity contribution in [1.82, 2.24) is 0 Å². The van der Waals surface area contributed by atoms with Gasteiger partial charge in [0.2, 0.25) is 0 Å². The van der Waals surface area contributed by atoms with Crippen molar-refractivity contribution in [3.63, 3.8) is 0 Å². The molecule has 0 aliphatic rings. The molecule has 1 radical (unpaired) electrons. The molecule has 0 aliphatic carbocycles. The molecule has 0 N–H and O–H groups in total. The van der Waals surface area contributed by atoms with Crippen molar-refractivity contribution in [1.29, 1.82) is 0 Å². The van der Waals surface area contributed by atoms with E-state index in [0.29, 0.717) is 0 Å². The van der Waals surface area contributed by atoms with Crippen molar-refractivity contribution in [2.45, 2.75) is 97.3 Å². The van der Waals surface area contributed by atoms with Crippen LogP contribution in [0.15, 0.2) is 0 Å². The van der Waals surface area contributed by atoms with Gasteiger partial charge in [0.25, 0.3) is 0 Å². The number of rotatable bonds is 12. The van der Waals surface area contributed by atoms with Crippen LogP contribution in [0.25, 0.3) is 0 Å². The second-order valence-corrected chi connectivity index (χ2v) is 5.23. The van der Waals surface area contributed by atoms with E-state index < -0.39 is 0 Å². The highest BCUT2D eigenvalue weighted by Crippen LogP contribution is 2.09. The van der Waals surface area contributed by atoms with Gasteiger partial charge >= 0.3 is 0 Å². The van der Waals surface area contributed by atoms with E-state index in [4.69, 9.17) is 0 Å². The van der Waals surface area contributed by atoms with Gasteiger partial charge in [-0.2, -0.15) is 0 Å². The summed E-state index contributed by atoms with van der Waals surface area (Å²) < 4.78 is 0. The van der Waals surface area contributed by atoms with E-state index in [0.717, 1.165) is 12.8 Å². The van der Waals surface area contributed by atoms with Crippen LogP contribution in [0, 0.1) is 18.3 Å². The Morgan fingerprint density at radius 3 is 1.72 bits per heavy atom. The fourth-order valence-corrected chi connectivity index (χ4v) is 2.09. The van der Waals surface area contributed by atoms with Crippen LogP contribution in [0.4, 0.5) is 0 Å². The first kappa shape index (κ1) is 17.6. The van der Waals surface area contributed by atoms with Gasteiger partial charge < -0.3 is 0 Å². The third kappa shape index (κ3) is 15.6. The summed E-state index contributed by atoms with van der Waals surface area (Å²) in [4.78, 5) is 0. The molecular formula is C18H33. The number of unbranched alkanes of at least 4 members (excludes halogenated alkanes) is 12. The first-order chi connectivity index (χ1) is 8.91. The topological polar surface area (TPSA) is 0 Å². The quantitative estimate of drug-likeness (QED) is 0.281. The zero-order chi connectivity index (χ0) is 13.3. The lowest BCUT2D eigenvalue weighted by Crippen LogP contribution is -1.80. The average molecular weight is 249 g/mol. The van der Waals surface area contributed by atoms with Crippen LogP contribution in [0.3, 0.4) is 0 Å². The van der Waals surface area contributed by atoms with Gasteiger partial charge in [0.1, 0.15) is 0 Å². The van der Waals surface area contributed by atoms with Crippen molar-refractivity contribution < 1.29 is 0 Å². The normalized spacial score (nSPS) is 10.1. The SMILES string of the molecule is C[CH]CCCCCCCCC#CCCCCCC. The Morgan fingerprint density at radius 2 is 1.17 bits per heavy atom. The molecule has 0 fully saturated rings. The van der Waals surface area contributed by atoms with E-state index in [1.807, 2.05) is 0 Å². The van der Waals surface area contributed by atoms with Gasteiger partial charge in [-0.3, -0.25) is 0 Å². The maximum Gasteiger partial charge on any atom is 0.00886 e. The molecule has 0 atom stereocenters. The molecule has 0 spiro atoms. The minimum Gasteiger partial charge on any atom is -0.103 e. The molecule has 0 aliphatic heterocycles. The van der Waals surface area contributed by atoms with Gasteiger partial charge in [-0.1, -0.05) is 71.6 Å². The molecule has 0 heterocycles. The summed E-state index contributed by atoms with van der Waals surface area (Å²) in [7, 11) is 0. The molecule has 0 saturated heterocycles. The Balaban J connectivity index is 3.04. The Morgan fingerprint density at radius 1 is 0.667 bits per heavy atom. The fourth-order valence-electron chi connectivity index (χ4n) is 2.09. The van der Waals surface area contributed by atoms with E-state index in [1.165, 1.54) is 70.6 Å². The fraction of sp³-hybridized carbons (Fsp3) is 0.833.